The zero-order valence-electron chi connectivity index (χ0n) is 9.14. The Morgan fingerprint density at radius 2 is 2.06 bits per heavy atom. The summed E-state index contributed by atoms with van der Waals surface area (Å²) in [5.74, 6) is -0.392. The predicted molar refractivity (Wildman–Crippen MR) is 59.8 cm³/mol. The smallest absolute Gasteiger partial charge is 0.335 e. The molecule has 1 unspecified atom stereocenters. The second kappa shape index (κ2) is 4.00. The number of esters is 1. The number of cyclic esters (lactones) is 1. The van der Waals surface area contributed by atoms with Gasteiger partial charge in [0.05, 0.1) is 6.08 Å². The Balaban J connectivity index is 2.42. The van der Waals surface area contributed by atoms with Gasteiger partial charge in [0.25, 0.3) is 0 Å². The first kappa shape index (κ1) is 10.7. The fourth-order valence-electron chi connectivity index (χ4n) is 2.04. The molecule has 1 aliphatic heterocycles. The number of hydrogen-bond acceptors (Lipinski definition) is 3. The van der Waals surface area contributed by atoms with Gasteiger partial charge in [0, 0.05) is 6.42 Å². The van der Waals surface area contributed by atoms with Crippen molar-refractivity contribution in [1.82, 2.24) is 0 Å². The molecule has 1 N–H and O–H groups in total. The summed E-state index contributed by atoms with van der Waals surface area (Å²) in [6, 6.07) is 9.53. The molecule has 0 radical (unpaired) electrons. The summed E-state index contributed by atoms with van der Waals surface area (Å²) in [6.45, 7) is 1.94. The minimum Gasteiger partial charge on any atom is -0.512 e. The summed E-state index contributed by atoms with van der Waals surface area (Å²) >= 11 is 0. The van der Waals surface area contributed by atoms with Gasteiger partial charge in [-0.05, 0) is 12.0 Å². The van der Waals surface area contributed by atoms with Gasteiger partial charge in [-0.2, -0.15) is 0 Å². The van der Waals surface area contributed by atoms with E-state index in [0.717, 1.165) is 11.6 Å². The van der Waals surface area contributed by atoms with E-state index in [9.17, 15) is 9.90 Å². The van der Waals surface area contributed by atoms with Gasteiger partial charge in [-0.25, -0.2) is 4.79 Å². The van der Waals surface area contributed by atoms with Crippen molar-refractivity contribution in [1.29, 1.82) is 0 Å². The van der Waals surface area contributed by atoms with Gasteiger partial charge >= 0.3 is 5.97 Å². The van der Waals surface area contributed by atoms with Gasteiger partial charge in [0.1, 0.15) is 11.4 Å². The van der Waals surface area contributed by atoms with E-state index in [1.54, 1.807) is 0 Å². The quantitative estimate of drug-likeness (QED) is 0.776. The van der Waals surface area contributed by atoms with Crippen LogP contribution in [0.1, 0.15) is 25.3 Å². The molecule has 3 heteroatoms. The lowest BCUT2D eigenvalue weighted by molar-refractivity contribution is -0.159. The first-order chi connectivity index (χ1) is 7.66. The molecular formula is C13H14O3. The fraction of sp³-hybridized carbons (Fsp3) is 0.308. The van der Waals surface area contributed by atoms with Crippen LogP contribution in [-0.4, -0.2) is 11.1 Å². The Morgan fingerprint density at radius 3 is 2.62 bits per heavy atom. The second-order valence-electron chi connectivity index (χ2n) is 3.95. The van der Waals surface area contributed by atoms with Crippen LogP contribution >= 0.6 is 0 Å². The van der Waals surface area contributed by atoms with Crippen molar-refractivity contribution in [2.75, 3.05) is 0 Å². The molecule has 1 atom stereocenters. The average molecular weight is 218 g/mol. The van der Waals surface area contributed by atoms with Gasteiger partial charge in [-0.1, -0.05) is 37.3 Å². The zero-order chi connectivity index (χ0) is 11.6. The van der Waals surface area contributed by atoms with E-state index in [1.807, 2.05) is 37.3 Å². The van der Waals surface area contributed by atoms with Crippen LogP contribution in [0.4, 0.5) is 0 Å². The second-order valence-corrected chi connectivity index (χ2v) is 3.95. The lowest BCUT2D eigenvalue weighted by atomic mass is 9.85. The van der Waals surface area contributed by atoms with Crippen LogP contribution in [0.5, 0.6) is 0 Å². The van der Waals surface area contributed by atoms with Crippen LogP contribution in [0.15, 0.2) is 42.2 Å². The highest BCUT2D eigenvalue weighted by Gasteiger charge is 2.38. The van der Waals surface area contributed by atoms with Crippen molar-refractivity contribution in [3.63, 3.8) is 0 Å². The molecule has 0 aromatic heterocycles. The molecular weight excluding hydrogens is 204 g/mol. The first-order valence-corrected chi connectivity index (χ1v) is 5.34. The molecule has 1 heterocycles. The Labute approximate surface area is 94.4 Å². The van der Waals surface area contributed by atoms with Crippen molar-refractivity contribution >= 4 is 5.97 Å². The summed E-state index contributed by atoms with van der Waals surface area (Å²) in [5.41, 5.74) is 0.211. The van der Waals surface area contributed by atoms with E-state index in [0.29, 0.717) is 12.8 Å². The maximum atomic E-state index is 11.4. The van der Waals surface area contributed by atoms with Crippen LogP contribution in [0.2, 0.25) is 0 Å². The molecule has 1 aliphatic rings. The Kier molecular flexibility index (Phi) is 2.69. The molecule has 84 valence electrons. The third-order valence-corrected chi connectivity index (χ3v) is 2.92. The molecule has 0 saturated heterocycles. The SMILES string of the molecule is CCC1(c2ccccc2)CC(O)=CC(=O)O1. The Bertz CT molecular complexity index is 422. The molecule has 0 bridgehead atoms. The first-order valence-electron chi connectivity index (χ1n) is 5.34. The fourth-order valence-corrected chi connectivity index (χ4v) is 2.04. The van der Waals surface area contributed by atoms with Gasteiger partial charge in [-0.15, -0.1) is 0 Å². The number of hydrogen-bond donors (Lipinski definition) is 1. The number of ether oxygens (including phenoxy) is 1. The number of carbonyl (C=O) groups excluding carboxylic acids is 1. The van der Waals surface area contributed by atoms with Crippen LogP contribution in [0.3, 0.4) is 0 Å². The molecule has 0 aliphatic carbocycles. The number of aliphatic hydroxyl groups is 1. The third-order valence-electron chi connectivity index (χ3n) is 2.92. The van der Waals surface area contributed by atoms with Crippen molar-refractivity contribution in [3.8, 4) is 0 Å². The molecule has 0 amide bonds. The van der Waals surface area contributed by atoms with E-state index >= 15 is 0 Å². The summed E-state index contributed by atoms with van der Waals surface area (Å²) < 4.78 is 5.40. The minimum atomic E-state index is -0.711. The van der Waals surface area contributed by atoms with Gasteiger partial charge < -0.3 is 9.84 Å². The number of carbonyl (C=O) groups is 1. The highest BCUT2D eigenvalue weighted by molar-refractivity contribution is 5.84. The molecule has 1 aromatic rings. The topological polar surface area (TPSA) is 46.5 Å². The Hall–Kier alpha value is -1.77. The standard InChI is InChI=1S/C13H14O3/c1-2-13(10-6-4-3-5-7-10)9-11(14)8-12(15)16-13/h3-8,14H,2,9H2,1H3. The maximum absolute atomic E-state index is 11.4. The van der Waals surface area contributed by atoms with Crippen molar-refractivity contribution in [2.24, 2.45) is 0 Å². The van der Waals surface area contributed by atoms with E-state index in [4.69, 9.17) is 4.74 Å². The summed E-state index contributed by atoms with van der Waals surface area (Å²) in [6.07, 6.45) is 2.12. The van der Waals surface area contributed by atoms with Gasteiger partial charge in [0.2, 0.25) is 0 Å². The molecule has 2 rings (SSSR count). The Morgan fingerprint density at radius 1 is 1.38 bits per heavy atom. The monoisotopic (exact) mass is 218 g/mol. The predicted octanol–water partition coefficient (Wildman–Crippen LogP) is 2.68. The molecule has 0 spiro atoms. The minimum absolute atomic E-state index is 0.0851. The van der Waals surface area contributed by atoms with Crippen molar-refractivity contribution in [3.05, 3.63) is 47.7 Å². The van der Waals surface area contributed by atoms with Crippen LogP contribution in [0.25, 0.3) is 0 Å². The average Bonchev–Trinajstić information content (AvgIpc) is 2.29. The normalized spacial score (nSPS) is 24.8. The van der Waals surface area contributed by atoms with Crippen LogP contribution < -0.4 is 0 Å². The highest BCUT2D eigenvalue weighted by atomic mass is 16.6. The van der Waals surface area contributed by atoms with Crippen LogP contribution in [0, 0.1) is 0 Å². The summed E-state index contributed by atoms with van der Waals surface area (Å²) in [4.78, 5) is 11.4. The van der Waals surface area contributed by atoms with E-state index in [1.165, 1.54) is 0 Å². The number of rotatable bonds is 2. The zero-order valence-corrected chi connectivity index (χ0v) is 9.14. The molecule has 0 saturated carbocycles. The largest absolute Gasteiger partial charge is 0.512 e. The highest BCUT2D eigenvalue weighted by Crippen LogP contribution is 2.37. The van der Waals surface area contributed by atoms with E-state index in [-0.39, 0.29) is 5.76 Å². The van der Waals surface area contributed by atoms with Gasteiger partial charge in [-0.3, -0.25) is 0 Å². The van der Waals surface area contributed by atoms with Gasteiger partial charge in [0.15, 0.2) is 0 Å². The molecule has 0 fully saturated rings. The maximum Gasteiger partial charge on any atom is 0.335 e. The molecule has 1 aromatic carbocycles. The van der Waals surface area contributed by atoms with Crippen molar-refractivity contribution < 1.29 is 14.6 Å². The lowest BCUT2D eigenvalue weighted by Gasteiger charge is -2.34. The molecule has 3 nitrogen and oxygen atoms in total. The summed E-state index contributed by atoms with van der Waals surface area (Å²) in [5, 5.41) is 9.57. The van der Waals surface area contributed by atoms with Crippen LogP contribution in [-0.2, 0) is 15.1 Å². The molecule has 16 heavy (non-hydrogen) atoms. The number of aliphatic hydroxyl groups excluding tert-OH is 1. The summed E-state index contributed by atoms with van der Waals surface area (Å²) in [7, 11) is 0. The lowest BCUT2D eigenvalue weighted by Crippen LogP contribution is -2.35. The van der Waals surface area contributed by atoms with E-state index < -0.39 is 11.6 Å². The van der Waals surface area contributed by atoms with Crippen molar-refractivity contribution in [2.45, 2.75) is 25.4 Å². The number of benzene rings is 1. The van der Waals surface area contributed by atoms with E-state index in [2.05, 4.69) is 0 Å². The third kappa shape index (κ3) is 1.81.